The van der Waals surface area contributed by atoms with Gasteiger partial charge in [0.2, 0.25) is 5.91 Å². The Labute approximate surface area is 171 Å². The number of carbonyl (C=O) groups excluding carboxylic acids is 1. The number of halogens is 1. The Morgan fingerprint density at radius 1 is 1.15 bits per heavy atom. The Kier molecular flexibility index (Phi) is 8.06. The summed E-state index contributed by atoms with van der Waals surface area (Å²) < 4.78 is 0. The van der Waals surface area contributed by atoms with Crippen molar-refractivity contribution < 1.29 is 4.79 Å². The van der Waals surface area contributed by atoms with E-state index in [1.807, 2.05) is 36.0 Å². The zero-order valence-electron chi connectivity index (χ0n) is 15.6. The summed E-state index contributed by atoms with van der Waals surface area (Å²) in [6, 6.07) is 18.4. The molecule has 1 heterocycles. The Bertz CT molecular complexity index is 725. The van der Waals surface area contributed by atoms with Gasteiger partial charge in [-0.25, -0.2) is 0 Å². The summed E-state index contributed by atoms with van der Waals surface area (Å²) in [4.78, 5) is 14.9. The van der Waals surface area contributed by atoms with Crippen LogP contribution in [-0.2, 0) is 17.1 Å². The van der Waals surface area contributed by atoms with Crippen LogP contribution in [0.1, 0.15) is 24.0 Å². The first-order valence-corrected chi connectivity index (χ1v) is 11.1. The Balaban J connectivity index is 1.37. The predicted molar refractivity (Wildman–Crippen MR) is 115 cm³/mol. The van der Waals surface area contributed by atoms with Gasteiger partial charge in [-0.15, -0.1) is 0 Å². The van der Waals surface area contributed by atoms with Crippen molar-refractivity contribution in [3.63, 3.8) is 0 Å². The third-order valence-electron chi connectivity index (χ3n) is 4.89. The fraction of sp³-hybridized carbons (Fsp3) is 0.409. The van der Waals surface area contributed by atoms with Crippen LogP contribution in [0.4, 0.5) is 0 Å². The average Bonchev–Trinajstić information content (AvgIpc) is 2.70. The van der Waals surface area contributed by atoms with Crippen LogP contribution in [0.5, 0.6) is 0 Å². The van der Waals surface area contributed by atoms with Gasteiger partial charge in [0.15, 0.2) is 0 Å². The Morgan fingerprint density at radius 3 is 2.74 bits per heavy atom. The highest BCUT2D eigenvalue weighted by Gasteiger charge is 2.25. The van der Waals surface area contributed by atoms with Gasteiger partial charge in [0, 0.05) is 36.2 Å². The molecule has 2 aromatic carbocycles. The molecule has 27 heavy (non-hydrogen) atoms. The van der Waals surface area contributed by atoms with E-state index in [9.17, 15) is 4.79 Å². The number of hydrogen-bond donors (Lipinski definition) is 1. The SMILES string of the molecule is O=C(NCCSCc1ccccc1)C1CCCN(Cc2ccccc2Cl)C1. The first-order chi connectivity index (χ1) is 13.2. The van der Waals surface area contributed by atoms with E-state index in [0.29, 0.717) is 0 Å². The second-order valence-corrected chi connectivity index (χ2v) is 8.51. The fourth-order valence-corrected chi connectivity index (χ4v) is 4.45. The van der Waals surface area contributed by atoms with Crippen LogP contribution in [0.2, 0.25) is 5.02 Å². The van der Waals surface area contributed by atoms with Gasteiger partial charge in [-0.3, -0.25) is 9.69 Å². The molecule has 0 bridgehead atoms. The maximum absolute atomic E-state index is 12.5. The maximum atomic E-state index is 12.5. The van der Waals surface area contributed by atoms with E-state index in [-0.39, 0.29) is 11.8 Å². The monoisotopic (exact) mass is 402 g/mol. The molecule has 1 fully saturated rings. The molecule has 1 unspecified atom stereocenters. The second-order valence-electron chi connectivity index (χ2n) is 6.99. The van der Waals surface area contributed by atoms with Gasteiger partial charge in [0.1, 0.15) is 0 Å². The van der Waals surface area contributed by atoms with Crippen molar-refractivity contribution in [2.75, 3.05) is 25.4 Å². The van der Waals surface area contributed by atoms with Crippen molar-refractivity contribution in [2.24, 2.45) is 5.92 Å². The molecule has 0 spiro atoms. The summed E-state index contributed by atoms with van der Waals surface area (Å²) in [6.45, 7) is 3.39. The van der Waals surface area contributed by atoms with Gasteiger partial charge in [-0.05, 0) is 36.6 Å². The Hall–Kier alpha value is -1.49. The van der Waals surface area contributed by atoms with E-state index in [0.717, 1.165) is 61.1 Å². The van der Waals surface area contributed by atoms with E-state index in [2.05, 4.69) is 40.5 Å². The number of amides is 1. The smallest absolute Gasteiger partial charge is 0.224 e. The predicted octanol–water partition coefficient (Wildman–Crippen LogP) is 4.60. The van der Waals surface area contributed by atoms with Gasteiger partial charge in [-0.1, -0.05) is 60.1 Å². The molecule has 144 valence electrons. The minimum Gasteiger partial charge on any atom is -0.355 e. The molecule has 1 atom stereocenters. The zero-order chi connectivity index (χ0) is 18.9. The Morgan fingerprint density at radius 2 is 1.93 bits per heavy atom. The first-order valence-electron chi connectivity index (χ1n) is 9.57. The highest BCUT2D eigenvalue weighted by atomic mass is 35.5. The molecule has 0 saturated carbocycles. The van der Waals surface area contributed by atoms with Crippen LogP contribution >= 0.6 is 23.4 Å². The summed E-state index contributed by atoms with van der Waals surface area (Å²) in [5.41, 5.74) is 2.47. The molecule has 1 aliphatic heterocycles. The zero-order valence-corrected chi connectivity index (χ0v) is 17.1. The largest absolute Gasteiger partial charge is 0.355 e. The van der Waals surface area contributed by atoms with E-state index < -0.39 is 0 Å². The van der Waals surface area contributed by atoms with E-state index in [1.165, 1.54) is 5.56 Å². The highest BCUT2D eigenvalue weighted by Crippen LogP contribution is 2.22. The van der Waals surface area contributed by atoms with Crippen LogP contribution in [0.25, 0.3) is 0 Å². The third kappa shape index (κ3) is 6.56. The number of hydrogen-bond acceptors (Lipinski definition) is 3. The molecule has 1 aliphatic rings. The fourth-order valence-electron chi connectivity index (χ4n) is 3.44. The molecular formula is C22H27ClN2OS. The molecule has 3 nitrogen and oxygen atoms in total. The van der Waals surface area contributed by atoms with Crippen molar-refractivity contribution in [1.82, 2.24) is 10.2 Å². The summed E-state index contributed by atoms with van der Waals surface area (Å²) in [5.74, 6) is 2.21. The number of rotatable bonds is 8. The van der Waals surface area contributed by atoms with Crippen LogP contribution in [-0.4, -0.2) is 36.2 Å². The molecule has 0 aromatic heterocycles. The lowest BCUT2D eigenvalue weighted by Gasteiger charge is -2.32. The summed E-state index contributed by atoms with van der Waals surface area (Å²) in [6.07, 6.45) is 2.04. The molecule has 5 heteroatoms. The van der Waals surface area contributed by atoms with Crippen molar-refractivity contribution >= 4 is 29.3 Å². The number of likely N-dealkylation sites (tertiary alicyclic amines) is 1. The maximum Gasteiger partial charge on any atom is 0.224 e. The number of nitrogens with one attached hydrogen (secondary N) is 1. The first kappa shape index (κ1) is 20.2. The van der Waals surface area contributed by atoms with E-state index in [1.54, 1.807) is 0 Å². The minimum atomic E-state index is 0.0837. The third-order valence-corrected chi connectivity index (χ3v) is 6.28. The van der Waals surface area contributed by atoms with Gasteiger partial charge in [-0.2, -0.15) is 11.8 Å². The summed E-state index contributed by atoms with van der Waals surface area (Å²) in [7, 11) is 0. The van der Waals surface area contributed by atoms with Crippen LogP contribution in [0, 0.1) is 5.92 Å². The second kappa shape index (κ2) is 10.7. The minimum absolute atomic E-state index is 0.0837. The van der Waals surface area contributed by atoms with Crippen LogP contribution < -0.4 is 5.32 Å². The van der Waals surface area contributed by atoms with Crippen molar-refractivity contribution in [2.45, 2.75) is 25.1 Å². The highest BCUT2D eigenvalue weighted by molar-refractivity contribution is 7.98. The lowest BCUT2D eigenvalue weighted by atomic mass is 9.96. The molecule has 1 saturated heterocycles. The van der Waals surface area contributed by atoms with E-state index in [4.69, 9.17) is 11.6 Å². The molecular weight excluding hydrogens is 376 g/mol. The molecule has 1 amide bonds. The topological polar surface area (TPSA) is 32.3 Å². The van der Waals surface area contributed by atoms with Crippen LogP contribution in [0.3, 0.4) is 0 Å². The molecule has 0 radical (unpaired) electrons. The van der Waals surface area contributed by atoms with Crippen molar-refractivity contribution in [3.05, 3.63) is 70.7 Å². The number of thioether (sulfide) groups is 1. The van der Waals surface area contributed by atoms with E-state index >= 15 is 0 Å². The van der Waals surface area contributed by atoms with Gasteiger partial charge in [0.25, 0.3) is 0 Å². The average molecular weight is 403 g/mol. The number of piperidine rings is 1. The molecule has 1 N–H and O–H groups in total. The van der Waals surface area contributed by atoms with Crippen LogP contribution in [0.15, 0.2) is 54.6 Å². The van der Waals surface area contributed by atoms with Gasteiger partial charge in [0.05, 0.1) is 5.92 Å². The van der Waals surface area contributed by atoms with Gasteiger partial charge >= 0.3 is 0 Å². The lowest BCUT2D eigenvalue weighted by Crippen LogP contribution is -2.43. The summed E-state index contributed by atoms with van der Waals surface area (Å²) in [5, 5.41) is 3.93. The van der Waals surface area contributed by atoms with Crippen molar-refractivity contribution in [3.8, 4) is 0 Å². The molecule has 3 rings (SSSR count). The summed E-state index contributed by atoms with van der Waals surface area (Å²) >= 11 is 8.14. The van der Waals surface area contributed by atoms with Crippen molar-refractivity contribution in [1.29, 1.82) is 0 Å². The normalized spacial score (nSPS) is 17.6. The van der Waals surface area contributed by atoms with Gasteiger partial charge < -0.3 is 5.32 Å². The quantitative estimate of drug-likeness (QED) is 0.655. The number of carbonyl (C=O) groups is 1. The molecule has 2 aromatic rings. The number of nitrogens with zero attached hydrogens (tertiary/aromatic N) is 1. The lowest BCUT2D eigenvalue weighted by molar-refractivity contribution is -0.126. The standard InChI is InChI=1S/C22H27ClN2OS/c23-21-11-5-4-9-19(21)15-25-13-6-10-20(16-25)22(26)24-12-14-27-17-18-7-2-1-3-8-18/h1-5,7-9,11,20H,6,10,12-17H2,(H,24,26). The molecule has 0 aliphatic carbocycles. The number of benzene rings is 2.